The van der Waals surface area contributed by atoms with Crippen LogP contribution in [0.25, 0.3) is 10.9 Å². The van der Waals surface area contributed by atoms with E-state index in [9.17, 15) is 0 Å². The van der Waals surface area contributed by atoms with Crippen LogP contribution in [-0.2, 0) is 6.54 Å². The van der Waals surface area contributed by atoms with Crippen LogP contribution >= 0.6 is 0 Å². The van der Waals surface area contributed by atoms with Crippen molar-refractivity contribution in [2.24, 2.45) is 5.92 Å². The first-order chi connectivity index (χ1) is 13.3. The highest BCUT2D eigenvalue weighted by atomic mass is 15.1. The number of anilines is 1. The van der Waals surface area contributed by atoms with E-state index in [0.717, 1.165) is 41.4 Å². The van der Waals surface area contributed by atoms with Crippen LogP contribution in [0.4, 0.5) is 5.82 Å². The number of benzene rings is 1. The van der Waals surface area contributed by atoms with Crippen LogP contribution in [0.2, 0.25) is 0 Å². The maximum atomic E-state index is 4.72. The zero-order valence-corrected chi connectivity index (χ0v) is 16.1. The molecule has 1 aliphatic heterocycles. The summed E-state index contributed by atoms with van der Waals surface area (Å²) in [5.74, 6) is 1.78. The van der Waals surface area contributed by atoms with Gasteiger partial charge in [-0.3, -0.25) is 9.88 Å². The molecule has 0 saturated carbocycles. The summed E-state index contributed by atoms with van der Waals surface area (Å²) in [5.41, 5.74) is 3.47. The Balaban J connectivity index is 1.22. The second kappa shape index (κ2) is 8.49. The molecule has 1 saturated heterocycles. The van der Waals surface area contributed by atoms with Crippen molar-refractivity contribution in [1.82, 2.24) is 14.9 Å². The Bertz CT molecular complexity index is 870. The summed E-state index contributed by atoms with van der Waals surface area (Å²) in [6, 6.07) is 17.0. The third-order valence-corrected chi connectivity index (χ3v) is 5.63. The zero-order valence-electron chi connectivity index (χ0n) is 16.1. The maximum absolute atomic E-state index is 4.72. The molecular weight excluding hydrogens is 332 g/mol. The molecule has 140 valence electrons. The van der Waals surface area contributed by atoms with Gasteiger partial charge < -0.3 is 5.32 Å². The van der Waals surface area contributed by atoms with Gasteiger partial charge in [0.15, 0.2) is 0 Å². The Morgan fingerprint density at radius 2 is 1.85 bits per heavy atom. The van der Waals surface area contributed by atoms with E-state index in [1.807, 2.05) is 19.2 Å². The van der Waals surface area contributed by atoms with Gasteiger partial charge in [0.05, 0.1) is 5.52 Å². The molecule has 0 aliphatic carbocycles. The van der Waals surface area contributed by atoms with Crippen molar-refractivity contribution in [3.05, 3.63) is 66.0 Å². The molecule has 4 rings (SSSR count). The highest BCUT2D eigenvalue weighted by Gasteiger charge is 2.18. The van der Waals surface area contributed by atoms with Crippen molar-refractivity contribution in [1.29, 1.82) is 0 Å². The summed E-state index contributed by atoms with van der Waals surface area (Å²) in [6.45, 7) is 6.52. The maximum Gasteiger partial charge on any atom is 0.126 e. The molecule has 1 N–H and O–H groups in total. The number of fused-ring (bicyclic) bond motifs is 1. The van der Waals surface area contributed by atoms with Crippen molar-refractivity contribution in [3.63, 3.8) is 0 Å². The molecule has 0 radical (unpaired) electrons. The lowest BCUT2D eigenvalue weighted by Gasteiger charge is -2.32. The number of hydrogen-bond donors (Lipinski definition) is 1. The lowest BCUT2D eigenvalue weighted by Crippen LogP contribution is -2.33. The largest absolute Gasteiger partial charge is 0.370 e. The topological polar surface area (TPSA) is 41.1 Å². The number of likely N-dealkylation sites (tertiary alicyclic amines) is 1. The van der Waals surface area contributed by atoms with Crippen LogP contribution < -0.4 is 5.32 Å². The highest BCUT2D eigenvalue weighted by molar-refractivity contribution is 5.81. The minimum Gasteiger partial charge on any atom is -0.370 e. The van der Waals surface area contributed by atoms with Crippen LogP contribution in [0.1, 0.15) is 30.5 Å². The molecule has 0 atom stereocenters. The molecule has 27 heavy (non-hydrogen) atoms. The summed E-state index contributed by atoms with van der Waals surface area (Å²) in [4.78, 5) is 11.6. The van der Waals surface area contributed by atoms with E-state index >= 15 is 0 Å². The van der Waals surface area contributed by atoms with E-state index in [2.05, 4.69) is 57.7 Å². The SMILES string of the molecule is Cc1nccc2nc(NCCC3CCN(Cc4ccccc4)CC3)ccc12. The van der Waals surface area contributed by atoms with Crippen molar-refractivity contribution < 1.29 is 0 Å². The van der Waals surface area contributed by atoms with E-state index in [1.54, 1.807) is 0 Å². The molecule has 1 aromatic carbocycles. The van der Waals surface area contributed by atoms with E-state index in [0.29, 0.717) is 0 Å². The van der Waals surface area contributed by atoms with Crippen molar-refractivity contribution in [2.75, 3.05) is 25.0 Å². The molecule has 1 aliphatic rings. The molecule has 4 nitrogen and oxygen atoms in total. The molecule has 3 aromatic rings. The molecule has 0 unspecified atom stereocenters. The van der Waals surface area contributed by atoms with E-state index in [-0.39, 0.29) is 0 Å². The Kier molecular flexibility index (Phi) is 5.64. The summed E-state index contributed by atoms with van der Waals surface area (Å²) >= 11 is 0. The average Bonchev–Trinajstić information content (AvgIpc) is 2.70. The minimum atomic E-state index is 0.816. The number of aromatic nitrogens is 2. The minimum absolute atomic E-state index is 0.816. The third kappa shape index (κ3) is 4.64. The lowest BCUT2D eigenvalue weighted by atomic mass is 9.93. The fourth-order valence-corrected chi connectivity index (χ4v) is 3.97. The number of rotatable bonds is 6. The summed E-state index contributed by atoms with van der Waals surface area (Å²) in [6.07, 6.45) is 5.64. The number of aryl methyl sites for hydroxylation is 1. The van der Waals surface area contributed by atoms with Gasteiger partial charge in [-0.15, -0.1) is 0 Å². The molecule has 2 aromatic heterocycles. The number of piperidine rings is 1. The number of pyridine rings is 2. The van der Waals surface area contributed by atoms with Gasteiger partial charge in [0.25, 0.3) is 0 Å². The molecule has 0 spiro atoms. The van der Waals surface area contributed by atoms with Gasteiger partial charge in [-0.1, -0.05) is 30.3 Å². The predicted molar refractivity (Wildman–Crippen MR) is 112 cm³/mol. The van der Waals surface area contributed by atoms with E-state index in [4.69, 9.17) is 4.98 Å². The summed E-state index contributed by atoms with van der Waals surface area (Å²) in [5, 5.41) is 4.64. The van der Waals surface area contributed by atoms with Gasteiger partial charge in [0.2, 0.25) is 0 Å². The first kappa shape index (κ1) is 17.9. The van der Waals surface area contributed by atoms with Gasteiger partial charge in [-0.25, -0.2) is 4.98 Å². The molecular formula is C23H28N4. The molecule has 4 heteroatoms. The number of hydrogen-bond acceptors (Lipinski definition) is 4. The van der Waals surface area contributed by atoms with Crippen molar-refractivity contribution in [2.45, 2.75) is 32.7 Å². The fraction of sp³-hybridized carbons (Fsp3) is 0.391. The summed E-state index contributed by atoms with van der Waals surface area (Å²) < 4.78 is 0. The predicted octanol–water partition coefficient (Wildman–Crippen LogP) is 4.65. The monoisotopic (exact) mass is 360 g/mol. The van der Waals surface area contributed by atoms with Crippen molar-refractivity contribution >= 4 is 16.7 Å². The Morgan fingerprint density at radius 1 is 1.04 bits per heavy atom. The van der Waals surface area contributed by atoms with Crippen LogP contribution in [0.3, 0.4) is 0 Å². The third-order valence-electron chi connectivity index (χ3n) is 5.63. The van der Waals surface area contributed by atoms with E-state index < -0.39 is 0 Å². The average molecular weight is 361 g/mol. The lowest BCUT2D eigenvalue weighted by molar-refractivity contribution is 0.174. The number of nitrogens with one attached hydrogen (secondary N) is 1. The van der Waals surface area contributed by atoms with Crippen LogP contribution in [0, 0.1) is 12.8 Å². The van der Waals surface area contributed by atoms with Crippen LogP contribution in [0.15, 0.2) is 54.7 Å². The highest BCUT2D eigenvalue weighted by Crippen LogP contribution is 2.22. The molecule has 3 heterocycles. The molecule has 1 fully saturated rings. The van der Waals surface area contributed by atoms with Gasteiger partial charge >= 0.3 is 0 Å². The zero-order chi connectivity index (χ0) is 18.5. The number of nitrogens with zero attached hydrogens (tertiary/aromatic N) is 3. The van der Waals surface area contributed by atoms with Crippen molar-refractivity contribution in [3.8, 4) is 0 Å². The molecule has 0 bridgehead atoms. The molecule has 0 amide bonds. The fourth-order valence-electron chi connectivity index (χ4n) is 3.97. The first-order valence-corrected chi connectivity index (χ1v) is 10.0. The first-order valence-electron chi connectivity index (χ1n) is 10.0. The smallest absolute Gasteiger partial charge is 0.126 e. The van der Waals surface area contributed by atoms with Crippen LogP contribution in [0.5, 0.6) is 0 Å². The Hall–Kier alpha value is -2.46. The van der Waals surface area contributed by atoms with Gasteiger partial charge in [0.1, 0.15) is 5.82 Å². The Morgan fingerprint density at radius 3 is 2.67 bits per heavy atom. The van der Waals surface area contributed by atoms with Gasteiger partial charge in [-0.2, -0.15) is 0 Å². The van der Waals surface area contributed by atoms with Gasteiger partial charge in [0, 0.05) is 30.4 Å². The standard InChI is InChI=1S/C23H28N4/c1-18-21-7-8-23(26-22(21)10-14-24-18)25-13-9-19-11-15-27(16-12-19)17-20-5-3-2-4-6-20/h2-8,10,14,19H,9,11-13,15-17H2,1H3,(H,25,26). The second-order valence-corrected chi connectivity index (χ2v) is 7.58. The Labute approximate surface area is 161 Å². The van der Waals surface area contributed by atoms with Crippen LogP contribution in [-0.4, -0.2) is 34.5 Å². The normalized spacial score (nSPS) is 15.9. The van der Waals surface area contributed by atoms with E-state index in [1.165, 1.54) is 37.9 Å². The summed E-state index contributed by atoms with van der Waals surface area (Å²) in [7, 11) is 0. The van der Waals surface area contributed by atoms with Gasteiger partial charge in [-0.05, 0) is 69.0 Å². The quantitative estimate of drug-likeness (QED) is 0.694. The second-order valence-electron chi connectivity index (χ2n) is 7.58.